The molecular formula is C31H45NO6Si. The van der Waals surface area contributed by atoms with Gasteiger partial charge in [-0.2, -0.15) is 0 Å². The maximum absolute atomic E-state index is 13.3. The molecule has 0 N–H and O–H groups in total. The number of nitrogens with zero attached hydrogens (tertiary/aromatic N) is 1. The summed E-state index contributed by atoms with van der Waals surface area (Å²) in [5, 5.41) is 0. The molecule has 0 bridgehead atoms. The lowest BCUT2D eigenvalue weighted by Gasteiger charge is -2.42. The van der Waals surface area contributed by atoms with E-state index in [2.05, 4.69) is 47.6 Å². The Bertz CT molecular complexity index is 1190. The Morgan fingerprint density at radius 3 is 1.95 bits per heavy atom. The first-order valence-corrected chi connectivity index (χ1v) is 15.9. The van der Waals surface area contributed by atoms with Crippen molar-refractivity contribution in [3.63, 3.8) is 0 Å². The number of ether oxygens (including phenoxy) is 3. The number of hydrogen-bond donors (Lipinski definition) is 0. The van der Waals surface area contributed by atoms with E-state index >= 15 is 0 Å². The number of methoxy groups -OCH3 is 2. The zero-order valence-electron chi connectivity index (χ0n) is 25.4. The van der Waals surface area contributed by atoms with Crippen LogP contribution in [-0.2, 0) is 11.2 Å². The minimum atomic E-state index is -2.27. The average molecular weight is 556 g/mol. The molecule has 39 heavy (non-hydrogen) atoms. The SMILES string of the molecule is COc1cc(C=O)c(-c2cc(O[Si](C(C)C)(C(C)C)C(C)C)cc3c2N(C(=O)OC(C)(C)C)CC3)cc1OC. The van der Waals surface area contributed by atoms with E-state index in [0.29, 0.717) is 52.2 Å². The minimum Gasteiger partial charge on any atom is -0.543 e. The van der Waals surface area contributed by atoms with Crippen molar-refractivity contribution in [3.05, 3.63) is 35.4 Å². The van der Waals surface area contributed by atoms with Gasteiger partial charge < -0.3 is 18.6 Å². The third-order valence-corrected chi connectivity index (χ3v) is 13.6. The van der Waals surface area contributed by atoms with Crippen molar-refractivity contribution < 1.29 is 28.2 Å². The maximum Gasteiger partial charge on any atom is 0.414 e. The molecule has 1 heterocycles. The Hall–Kier alpha value is -3.00. The molecule has 1 amide bonds. The molecule has 0 aromatic heterocycles. The summed E-state index contributed by atoms with van der Waals surface area (Å²) in [5.74, 6) is 1.72. The lowest BCUT2D eigenvalue weighted by molar-refractivity contribution is 0.0584. The molecule has 0 radical (unpaired) electrons. The van der Waals surface area contributed by atoms with Crippen LogP contribution in [0, 0.1) is 0 Å². The van der Waals surface area contributed by atoms with Gasteiger partial charge in [0.15, 0.2) is 17.8 Å². The molecule has 3 rings (SSSR count). The fourth-order valence-corrected chi connectivity index (χ4v) is 11.3. The number of carbonyl (C=O) groups is 2. The second-order valence-electron chi connectivity index (χ2n) is 12.2. The van der Waals surface area contributed by atoms with Crippen LogP contribution in [0.1, 0.15) is 78.2 Å². The molecule has 0 spiro atoms. The van der Waals surface area contributed by atoms with Gasteiger partial charge in [0, 0.05) is 17.7 Å². The number of hydrogen-bond acceptors (Lipinski definition) is 6. The van der Waals surface area contributed by atoms with Crippen LogP contribution in [0.4, 0.5) is 10.5 Å². The van der Waals surface area contributed by atoms with Crippen molar-refractivity contribution >= 4 is 26.4 Å². The Morgan fingerprint density at radius 1 is 0.897 bits per heavy atom. The highest BCUT2D eigenvalue weighted by atomic mass is 28.4. The molecule has 7 nitrogen and oxygen atoms in total. The second kappa shape index (κ2) is 11.6. The van der Waals surface area contributed by atoms with E-state index in [4.69, 9.17) is 18.6 Å². The van der Waals surface area contributed by atoms with Gasteiger partial charge in [0.05, 0.1) is 19.9 Å². The summed E-state index contributed by atoms with van der Waals surface area (Å²) >= 11 is 0. The highest BCUT2D eigenvalue weighted by Gasteiger charge is 2.47. The molecule has 0 aliphatic carbocycles. The number of benzene rings is 2. The Kier molecular flexibility index (Phi) is 9.10. The first kappa shape index (κ1) is 30.5. The van der Waals surface area contributed by atoms with Crippen LogP contribution in [0.5, 0.6) is 17.2 Å². The largest absolute Gasteiger partial charge is 0.543 e. The predicted octanol–water partition coefficient (Wildman–Crippen LogP) is 8.04. The summed E-state index contributed by atoms with van der Waals surface area (Å²) in [4.78, 5) is 27.3. The summed E-state index contributed by atoms with van der Waals surface area (Å²) in [7, 11) is 0.831. The van der Waals surface area contributed by atoms with Crippen molar-refractivity contribution in [1.29, 1.82) is 0 Å². The second-order valence-corrected chi connectivity index (χ2v) is 17.6. The number of fused-ring (bicyclic) bond motifs is 1. The molecule has 0 saturated carbocycles. The Balaban J connectivity index is 2.32. The molecule has 0 fully saturated rings. The standard InChI is InChI=1S/C31H45NO6Si/c1-19(2)39(20(3)4,21(5)6)38-24-14-22-12-13-32(30(34)37-31(7,8)9)29(22)26(16-24)25-17-28(36-11)27(35-10)15-23(25)18-33/h14-21H,12-13H2,1-11H3. The molecule has 214 valence electrons. The van der Waals surface area contributed by atoms with Gasteiger partial charge in [-0.15, -0.1) is 0 Å². The zero-order chi connectivity index (χ0) is 29.3. The van der Waals surface area contributed by atoms with Crippen LogP contribution in [0.25, 0.3) is 11.1 Å². The van der Waals surface area contributed by atoms with Crippen molar-refractivity contribution in [2.45, 2.75) is 91.0 Å². The third-order valence-electron chi connectivity index (χ3n) is 7.63. The van der Waals surface area contributed by atoms with Crippen LogP contribution in [-0.4, -0.2) is 47.1 Å². The van der Waals surface area contributed by atoms with Gasteiger partial charge >= 0.3 is 6.09 Å². The van der Waals surface area contributed by atoms with Gasteiger partial charge in [-0.3, -0.25) is 9.69 Å². The molecule has 0 unspecified atom stereocenters. The van der Waals surface area contributed by atoms with Crippen LogP contribution < -0.4 is 18.8 Å². The maximum atomic E-state index is 13.3. The summed E-state index contributed by atoms with van der Waals surface area (Å²) in [5.41, 5.74) is 4.05. The topological polar surface area (TPSA) is 74.3 Å². The normalized spacial score (nSPS) is 13.6. The minimum absolute atomic E-state index is 0.388. The lowest BCUT2D eigenvalue weighted by atomic mass is 9.95. The Labute approximate surface area is 234 Å². The van der Waals surface area contributed by atoms with Gasteiger partial charge in [0.1, 0.15) is 11.4 Å². The summed E-state index contributed by atoms with van der Waals surface area (Å²) in [6, 6.07) is 7.51. The molecule has 0 saturated heterocycles. The first-order valence-electron chi connectivity index (χ1n) is 13.8. The van der Waals surface area contributed by atoms with Gasteiger partial charge in [-0.25, -0.2) is 4.79 Å². The fraction of sp³-hybridized carbons (Fsp3) is 0.548. The predicted molar refractivity (Wildman–Crippen MR) is 159 cm³/mol. The fourth-order valence-electron chi connectivity index (χ4n) is 6.07. The molecule has 2 aromatic rings. The highest BCUT2D eigenvalue weighted by Crippen LogP contribution is 2.48. The quantitative estimate of drug-likeness (QED) is 0.230. The monoisotopic (exact) mass is 555 g/mol. The highest BCUT2D eigenvalue weighted by molar-refractivity contribution is 6.78. The number of aldehydes is 1. The molecule has 0 atom stereocenters. The number of rotatable bonds is 9. The van der Waals surface area contributed by atoms with Crippen LogP contribution >= 0.6 is 0 Å². The zero-order valence-corrected chi connectivity index (χ0v) is 26.4. The third kappa shape index (κ3) is 5.95. The van der Waals surface area contributed by atoms with E-state index in [9.17, 15) is 9.59 Å². The molecular weight excluding hydrogens is 510 g/mol. The van der Waals surface area contributed by atoms with E-state index in [1.54, 1.807) is 24.1 Å². The summed E-state index contributed by atoms with van der Waals surface area (Å²) < 4.78 is 23.9. The number of carbonyl (C=O) groups excluding carboxylic acids is 2. The van der Waals surface area contributed by atoms with Gasteiger partial charge in [0.25, 0.3) is 8.32 Å². The van der Waals surface area contributed by atoms with E-state index in [1.807, 2.05) is 26.8 Å². The van der Waals surface area contributed by atoms with Crippen LogP contribution in [0.3, 0.4) is 0 Å². The van der Waals surface area contributed by atoms with E-state index < -0.39 is 20.0 Å². The number of anilines is 1. The van der Waals surface area contributed by atoms with Crippen molar-refractivity contribution in [3.8, 4) is 28.4 Å². The molecule has 1 aliphatic heterocycles. The molecule has 2 aromatic carbocycles. The van der Waals surface area contributed by atoms with Crippen LogP contribution in [0.15, 0.2) is 24.3 Å². The van der Waals surface area contributed by atoms with Gasteiger partial charge in [-0.05, 0) is 79.2 Å². The van der Waals surface area contributed by atoms with Crippen molar-refractivity contribution in [2.24, 2.45) is 0 Å². The van der Waals surface area contributed by atoms with E-state index in [1.165, 1.54) is 7.11 Å². The van der Waals surface area contributed by atoms with Crippen molar-refractivity contribution in [1.82, 2.24) is 0 Å². The van der Waals surface area contributed by atoms with E-state index in [0.717, 1.165) is 28.8 Å². The van der Waals surface area contributed by atoms with Crippen molar-refractivity contribution in [2.75, 3.05) is 25.7 Å². The summed E-state index contributed by atoms with van der Waals surface area (Å²) in [6.45, 7) is 19.6. The van der Waals surface area contributed by atoms with E-state index in [-0.39, 0.29) is 0 Å². The lowest BCUT2D eigenvalue weighted by Crippen LogP contribution is -2.50. The molecule has 8 heteroatoms. The number of amides is 1. The van der Waals surface area contributed by atoms with Crippen LogP contribution in [0.2, 0.25) is 16.6 Å². The van der Waals surface area contributed by atoms with Gasteiger partial charge in [0.2, 0.25) is 0 Å². The summed E-state index contributed by atoms with van der Waals surface area (Å²) in [6.07, 6.45) is 1.04. The Morgan fingerprint density at radius 2 is 1.46 bits per heavy atom. The smallest absolute Gasteiger partial charge is 0.414 e. The molecule has 1 aliphatic rings. The average Bonchev–Trinajstić information content (AvgIpc) is 3.28. The first-order chi connectivity index (χ1) is 18.2. The van der Waals surface area contributed by atoms with Gasteiger partial charge in [-0.1, -0.05) is 41.5 Å².